The molecular weight excluding hydrogens is 1680 g/mol. The minimum Gasteiger partial charge on any atom is -0.508 e. The second-order valence-electron chi connectivity index (χ2n) is 30.6. The smallest absolute Gasteiger partial charge is 0.328 e. The van der Waals surface area contributed by atoms with E-state index in [0.717, 1.165) is 35.4 Å². The van der Waals surface area contributed by atoms with Crippen molar-refractivity contribution in [3.8, 4) is 5.75 Å². The number of benzene rings is 3. The van der Waals surface area contributed by atoms with E-state index >= 15 is 24.0 Å². The van der Waals surface area contributed by atoms with Gasteiger partial charge in [0.1, 0.15) is 66.2 Å². The van der Waals surface area contributed by atoms with Gasteiger partial charge in [-0.25, -0.2) is 4.79 Å². The van der Waals surface area contributed by atoms with Gasteiger partial charge in [0, 0.05) is 120 Å². The number of carboxylic acids is 5. The Hall–Kier alpha value is -11.6. The molecular formula is C80H111N17O26S2. The SMILES string of the molecule is CC(O)[C@H](NC(=O)[C@@H]1CSSC[C@H](NC(=O)[C@@H](Cc2ccccc2)NC(=O)CN2CCN(CC(=O)O)CCN(CC(=O)O)CCN(CC(=O)O)CC2)C(=O)N[C@@H](Cc2ccc(O)cc2)C(=O)N[C@H](Cc2c[nH]c3ccccc23)C(=O)N[C@@H](CCCCNC(=O)C2CCCN2C(=O)[C@@H](C)NC(=O)[C@H](CO)NC(=O)CCC(=O)O)C(=O)N[C@@H](C(C)O)C(=O)N1)C(=O)O. The number of nitrogens with zero attached hydrogens (tertiary/aromatic N) is 5. The first-order valence-corrected chi connectivity index (χ1v) is 43.1. The number of carbonyl (C=O) groups is 17. The van der Waals surface area contributed by atoms with Gasteiger partial charge in [0.05, 0.1) is 51.4 Å². The number of H-pyrrole nitrogens is 1. The number of phenolic OH excluding ortho intramolecular Hbond substituents is 1. The van der Waals surface area contributed by atoms with E-state index in [1.54, 1.807) is 80.4 Å². The monoisotopic (exact) mass is 1790 g/mol. The molecule has 21 N–H and O–H groups in total. The lowest BCUT2D eigenvalue weighted by Gasteiger charge is -2.33. The number of rotatable bonds is 36. The number of fused-ring (bicyclic) bond motifs is 1. The van der Waals surface area contributed by atoms with Crippen LogP contribution in [0.5, 0.6) is 5.75 Å². The number of aromatic hydroxyl groups is 1. The van der Waals surface area contributed by atoms with Crippen LogP contribution in [-0.2, 0) is 101 Å². The molecule has 13 atom stereocenters. The van der Waals surface area contributed by atoms with Crippen molar-refractivity contribution in [3.63, 3.8) is 0 Å². The Labute approximate surface area is 726 Å². The lowest BCUT2D eigenvalue weighted by atomic mass is 10.0. The number of carboxylic acid groups (broad SMARTS) is 5. The zero-order valence-corrected chi connectivity index (χ0v) is 70.8. The van der Waals surface area contributed by atoms with Crippen molar-refractivity contribution in [2.45, 2.75) is 164 Å². The topological polar surface area (TPSA) is 637 Å². The summed E-state index contributed by atoms with van der Waals surface area (Å²) in [6.45, 7) is 1.07. The standard InChI is InChI=1S/C80H111N17O26S2/c1-45(83-74(116)58(42-98)85-62(102)22-23-64(104)105)79(121)97-25-11-17-61(97)77(119)81-24-10-9-16-54-70(112)91-68(46(2)99)78(120)90-60(76(118)92-69(47(3)100)80(122)123)44-125-124-43-59(75(117)87-56(35-49-18-20-51(101)21-19-49)72(114)88-57(73(115)86-54)36-50-37-82-53-15-8-7-14-52(50)53)89-71(113)55(34-48-12-5-4-6-13-48)84-63(103)38-93-26-28-94(39-65(106)107)30-32-96(41-67(110)111)33-31-95(29-27-93)40-66(108)109/h4-8,12-15,18-21,37,45-47,54-61,68-69,82,98-101H,9-11,16-17,22-36,38-44H2,1-3H3,(H,81,119)(H,83,116)(H,84,103)(H,85,102)(H,86,115)(H,87,117)(H,88,114)(H,89,113)(H,90,120)(H,91,112)(H,92,118)(H,104,105)(H,106,107)(H,108,109)(H,110,111)(H,122,123)/t45-,46?,47?,54+,55-,56+,57-,58+,59+,60+,61?,68+,69+/m1/s1. The summed E-state index contributed by atoms with van der Waals surface area (Å²) >= 11 is 0. The van der Waals surface area contributed by atoms with Crippen molar-refractivity contribution in [3.05, 3.63) is 102 Å². The first-order valence-electron chi connectivity index (χ1n) is 40.6. The summed E-state index contributed by atoms with van der Waals surface area (Å²) in [5.41, 5.74) is 1.86. The van der Waals surface area contributed by atoms with Gasteiger partial charge in [0.15, 0.2) is 6.04 Å². The maximum absolute atomic E-state index is 15.5. The Morgan fingerprint density at radius 2 is 1.08 bits per heavy atom. The summed E-state index contributed by atoms with van der Waals surface area (Å²) < 4.78 is 0. The van der Waals surface area contributed by atoms with E-state index in [1.165, 1.54) is 36.1 Å². The number of aromatic nitrogens is 1. The third-order valence-corrected chi connectivity index (χ3v) is 23.2. The highest BCUT2D eigenvalue weighted by Crippen LogP contribution is 2.26. The number of aliphatic carboxylic acids is 5. The average molecular weight is 1790 g/mol. The molecule has 0 aliphatic carbocycles. The molecule has 125 heavy (non-hydrogen) atoms. The zero-order chi connectivity index (χ0) is 91.6. The highest BCUT2D eigenvalue weighted by Gasteiger charge is 2.41. The second kappa shape index (κ2) is 50.4. The Balaban J connectivity index is 1.22. The largest absolute Gasteiger partial charge is 0.508 e. The number of aromatic amines is 1. The van der Waals surface area contributed by atoms with Crippen molar-refractivity contribution >= 4 is 133 Å². The van der Waals surface area contributed by atoms with Gasteiger partial charge in [-0.2, -0.15) is 0 Å². The molecule has 3 aliphatic heterocycles. The Morgan fingerprint density at radius 3 is 1.66 bits per heavy atom. The molecule has 43 nitrogen and oxygen atoms in total. The van der Waals surface area contributed by atoms with Crippen molar-refractivity contribution in [2.75, 3.05) is 110 Å². The van der Waals surface area contributed by atoms with Crippen LogP contribution in [-0.4, -0.2) is 365 Å². The lowest BCUT2D eigenvalue weighted by molar-refractivity contribution is -0.145. The first kappa shape index (κ1) is 101. The van der Waals surface area contributed by atoms with E-state index in [2.05, 4.69) is 63.5 Å². The van der Waals surface area contributed by atoms with Crippen LogP contribution in [0.15, 0.2) is 85.1 Å². The summed E-state index contributed by atoms with van der Waals surface area (Å²) in [5, 5.41) is 119. The van der Waals surface area contributed by atoms with Gasteiger partial charge in [-0.3, -0.25) is 96.3 Å². The van der Waals surface area contributed by atoms with E-state index in [4.69, 9.17) is 5.11 Å². The number of phenols is 1. The number of hydrogen-bond donors (Lipinski definition) is 21. The molecule has 684 valence electrons. The number of para-hydroxylation sites is 1. The molecule has 3 unspecified atom stereocenters. The van der Waals surface area contributed by atoms with Gasteiger partial charge in [-0.1, -0.05) is 82.3 Å². The van der Waals surface area contributed by atoms with E-state index in [1.807, 2.05) is 0 Å². The van der Waals surface area contributed by atoms with Gasteiger partial charge < -0.3 is 114 Å². The van der Waals surface area contributed by atoms with Gasteiger partial charge >= 0.3 is 29.8 Å². The number of likely N-dealkylation sites (tertiary alicyclic amines) is 1. The number of carbonyl (C=O) groups excluding carboxylic acids is 12. The number of nitrogens with one attached hydrogen (secondary N) is 12. The van der Waals surface area contributed by atoms with Crippen LogP contribution in [0.25, 0.3) is 10.9 Å². The summed E-state index contributed by atoms with van der Waals surface area (Å²) in [7, 11) is 1.55. The summed E-state index contributed by atoms with van der Waals surface area (Å²) in [5.74, 6) is -19.5. The van der Waals surface area contributed by atoms with Crippen LogP contribution in [0.4, 0.5) is 0 Å². The molecule has 45 heteroatoms. The van der Waals surface area contributed by atoms with Crippen LogP contribution in [0, 0.1) is 0 Å². The molecule has 0 spiro atoms. The maximum atomic E-state index is 15.5. The second-order valence-corrected chi connectivity index (χ2v) is 33.2. The van der Waals surface area contributed by atoms with Crippen LogP contribution < -0.4 is 58.5 Å². The van der Waals surface area contributed by atoms with Gasteiger partial charge in [0.2, 0.25) is 70.9 Å². The fraction of sp³-hybridized carbons (Fsp3) is 0.537. The van der Waals surface area contributed by atoms with Crippen LogP contribution in [0.2, 0.25) is 0 Å². The molecule has 1 aromatic heterocycles. The van der Waals surface area contributed by atoms with E-state index in [9.17, 15) is 98.4 Å². The lowest BCUT2D eigenvalue weighted by Crippen LogP contribution is -2.62. The highest BCUT2D eigenvalue weighted by molar-refractivity contribution is 8.76. The molecule has 7 rings (SSSR count). The van der Waals surface area contributed by atoms with Crippen molar-refractivity contribution in [1.82, 2.24) is 88.0 Å². The third kappa shape index (κ3) is 33.4. The molecule has 0 radical (unpaired) electrons. The highest BCUT2D eigenvalue weighted by atomic mass is 33.1. The fourth-order valence-electron chi connectivity index (χ4n) is 14.0. The minimum atomic E-state index is -2.00. The van der Waals surface area contributed by atoms with Crippen LogP contribution >= 0.6 is 21.6 Å². The Bertz CT molecular complexity index is 4380. The summed E-state index contributed by atoms with van der Waals surface area (Å²) in [4.78, 5) is 244. The van der Waals surface area contributed by atoms with Gasteiger partial charge in [-0.15, -0.1) is 0 Å². The maximum Gasteiger partial charge on any atom is 0.328 e. The average Bonchev–Trinajstić information content (AvgIpc) is 1.72. The molecule has 12 amide bonds. The number of aliphatic hydroxyl groups is 3. The van der Waals surface area contributed by atoms with E-state index in [0.29, 0.717) is 34.0 Å². The normalized spacial score (nSPS) is 21.4. The van der Waals surface area contributed by atoms with Crippen LogP contribution in [0.1, 0.15) is 82.4 Å². The van der Waals surface area contributed by atoms with Crippen LogP contribution in [0.3, 0.4) is 0 Å². The molecule has 3 aliphatic rings. The Morgan fingerprint density at radius 1 is 0.528 bits per heavy atom. The first-order chi connectivity index (χ1) is 59.4. The zero-order valence-electron chi connectivity index (χ0n) is 69.2. The molecule has 3 saturated heterocycles. The Kier molecular flexibility index (Phi) is 40.5. The molecule has 3 fully saturated rings. The predicted octanol–water partition coefficient (Wildman–Crippen LogP) is -5.38. The number of amides is 12. The van der Waals surface area contributed by atoms with Gasteiger partial charge in [0.25, 0.3) is 0 Å². The summed E-state index contributed by atoms with van der Waals surface area (Å²) in [6.07, 6.45) is -3.79. The molecule has 4 heterocycles. The van der Waals surface area contributed by atoms with E-state index in [-0.39, 0.29) is 116 Å². The quantitative estimate of drug-likeness (QED) is 0.0149. The minimum absolute atomic E-state index is 0.00384. The molecule has 0 saturated carbocycles. The van der Waals surface area contributed by atoms with Crippen molar-refractivity contribution in [2.24, 2.45) is 0 Å². The molecule has 0 bridgehead atoms. The molecule has 3 aromatic carbocycles. The number of aliphatic hydroxyl groups excluding tert-OH is 3. The third-order valence-electron chi connectivity index (χ3n) is 20.8. The fourth-order valence-corrected chi connectivity index (χ4v) is 16.4. The predicted molar refractivity (Wildman–Crippen MR) is 449 cm³/mol. The summed E-state index contributed by atoms with van der Waals surface area (Å²) in [6, 6.07) is 2.56. The number of hydrogen-bond acceptors (Lipinski definition) is 27. The number of unbranched alkanes of at least 4 members (excludes halogenated alkanes) is 1. The van der Waals surface area contributed by atoms with Crippen molar-refractivity contribution in [1.29, 1.82) is 0 Å². The van der Waals surface area contributed by atoms with Crippen molar-refractivity contribution < 1.29 is 127 Å². The molecule has 4 aromatic rings. The van der Waals surface area contributed by atoms with E-state index < -0.39 is 237 Å². The van der Waals surface area contributed by atoms with Gasteiger partial charge in [-0.05, 0) is 87.8 Å².